The molecule has 0 heterocycles. The highest BCUT2D eigenvalue weighted by Crippen LogP contribution is 2.08. The molecule has 0 spiro atoms. The van der Waals surface area contributed by atoms with Gasteiger partial charge in [-0.25, -0.2) is 0 Å². The van der Waals surface area contributed by atoms with Crippen molar-refractivity contribution in [3.8, 4) is 0 Å². The van der Waals surface area contributed by atoms with Gasteiger partial charge in [0.1, 0.15) is 0 Å². The normalized spacial score (nSPS) is 14.7. The summed E-state index contributed by atoms with van der Waals surface area (Å²) in [5.74, 6) is 0.326. The van der Waals surface area contributed by atoms with E-state index in [-0.39, 0.29) is 12.0 Å². The number of hydrogen-bond acceptors (Lipinski definition) is 4. The Morgan fingerprint density at radius 3 is 2.53 bits per heavy atom. The first kappa shape index (κ1) is 14.4. The van der Waals surface area contributed by atoms with Gasteiger partial charge < -0.3 is 15.2 Å². The van der Waals surface area contributed by atoms with E-state index in [4.69, 9.17) is 10.5 Å². The molecule has 0 bridgehead atoms. The largest absolute Gasteiger partial charge is 0.469 e. The lowest BCUT2D eigenvalue weighted by molar-refractivity contribution is -0.140. The van der Waals surface area contributed by atoms with Crippen LogP contribution in [0.4, 0.5) is 0 Å². The molecular weight excluding hydrogens is 194 g/mol. The Bertz CT molecular complexity index is 171. The Hall–Kier alpha value is -0.610. The van der Waals surface area contributed by atoms with Crippen molar-refractivity contribution >= 4 is 5.97 Å². The fourth-order valence-electron chi connectivity index (χ4n) is 1.24. The molecule has 4 heteroatoms. The minimum atomic E-state index is -0.140. The molecule has 0 rings (SSSR count). The molecule has 0 radical (unpaired) electrons. The number of hydrogen-bond donors (Lipinski definition) is 1. The molecule has 2 atom stereocenters. The van der Waals surface area contributed by atoms with Crippen LogP contribution in [-0.4, -0.2) is 32.3 Å². The Morgan fingerprint density at radius 1 is 1.33 bits per heavy atom. The fourth-order valence-corrected chi connectivity index (χ4v) is 1.24. The zero-order valence-corrected chi connectivity index (χ0v) is 9.99. The number of carbonyl (C=O) groups excluding carboxylic acids is 1. The summed E-state index contributed by atoms with van der Waals surface area (Å²) in [6.07, 6.45) is 2.33. The van der Waals surface area contributed by atoms with Crippen molar-refractivity contribution in [2.75, 3.05) is 20.3 Å². The number of nitrogens with two attached hydrogens (primary N) is 1. The maximum atomic E-state index is 10.8. The van der Waals surface area contributed by atoms with Crippen LogP contribution >= 0.6 is 0 Å². The minimum Gasteiger partial charge on any atom is -0.469 e. The van der Waals surface area contributed by atoms with E-state index in [1.807, 2.05) is 6.92 Å². The second kappa shape index (κ2) is 8.68. The number of esters is 1. The Morgan fingerprint density at radius 2 is 2.00 bits per heavy atom. The van der Waals surface area contributed by atoms with E-state index in [2.05, 4.69) is 11.7 Å². The third-order valence-corrected chi connectivity index (χ3v) is 2.09. The highest BCUT2D eigenvalue weighted by Gasteiger charge is 2.05. The molecule has 0 fully saturated rings. The summed E-state index contributed by atoms with van der Waals surface area (Å²) < 4.78 is 9.96. The molecule has 0 aromatic rings. The van der Waals surface area contributed by atoms with Gasteiger partial charge in [0.2, 0.25) is 0 Å². The van der Waals surface area contributed by atoms with Crippen molar-refractivity contribution in [2.24, 2.45) is 11.7 Å². The zero-order valence-electron chi connectivity index (χ0n) is 9.99. The predicted molar refractivity (Wildman–Crippen MR) is 59.5 cm³/mol. The fraction of sp³-hybridized carbons (Fsp3) is 0.909. The van der Waals surface area contributed by atoms with Crippen LogP contribution in [0.2, 0.25) is 0 Å². The Balaban J connectivity index is 3.33. The lowest BCUT2D eigenvalue weighted by atomic mass is 10.1. The topological polar surface area (TPSA) is 61.5 Å². The molecule has 0 aliphatic rings. The smallest absolute Gasteiger partial charge is 0.305 e. The van der Waals surface area contributed by atoms with Gasteiger partial charge in [-0.15, -0.1) is 0 Å². The van der Waals surface area contributed by atoms with Crippen LogP contribution in [0.25, 0.3) is 0 Å². The summed E-state index contributed by atoms with van der Waals surface area (Å²) in [7, 11) is 1.41. The Kier molecular flexibility index (Phi) is 8.33. The van der Waals surface area contributed by atoms with E-state index in [9.17, 15) is 4.79 Å². The van der Waals surface area contributed by atoms with Gasteiger partial charge in [0.25, 0.3) is 0 Å². The molecule has 0 aliphatic heterocycles. The van der Waals surface area contributed by atoms with E-state index in [1.54, 1.807) is 0 Å². The average Bonchev–Trinajstić information content (AvgIpc) is 2.17. The van der Waals surface area contributed by atoms with E-state index in [0.717, 1.165) is 12.8 Å². The first-order chi connectivity index (χ1) is 7.06. The van der Waals surface area contributed by atoms with E-state index >= 15 is 0 Å². The summed E-state index contributed by atoms with van der Waals surface area (Å²) in [5.41, 5.74) is 5.55. The average molecular weight is 217 g/mol. The van der Waals surface area contributed by atoms with Crippen LogP contribution in [-0.2, 0) is 14.3 Å². The maximum Gasteiger partial charge on any atom is 0.305 e. The van der Waals surface area contributed by atoms with Gasteiger partial charge in [-0.3, -0.25) is 4.79 Å². The molecule has 0 aliphatic carbocycles. The predicted octanol–water partition coefficient (Wildman–Crippen LogP) is 1.33. The zero-order chi connectivity index (χ0) is 11.7. The minimum absolute atomic E-state index is 0.0901. The van der Waals surface area contributed by atoms with E-state index in [0.29, 0.717) is 25.6 Å². The lowest BCUT2D eigenvalue weighted by Crippen LogP contribution is -2.23. The quantitative estimate of drug-likeness (QED) is 0.623. The summed E-state index contributed by atoms with van der Waals surface area (Å²) in [6, 6.07) is 0.0901. The van der Waals surface area contributed by atoms with Crippen molar-refractivity contribution in [1.82, 2.24) is 0 Å². The van der Waals surface area contributed by atoms with Crippen LogP contribution in [0.3, 0.4) is 0 Å². The number of carbonyl (C=O) groups is 1. The number of methoxy groups -OCH3 is 1. The second-order valence-corrected chi connectivity index (χ2v) is 4.09. The first-order valence-corrected chi connectivity index (χ1v) is 5.46. The first-order valence-electron chi connectivity index (χ1n) is 5.46. The van der Waals surface area contributed by atoms with Crippen molar-refractivity contribution in [2.45, 2.75) is 39.2 Å². The molecule has 0 amide bonds. The summed E-state index contributed by atoms with van der Waals surface area (Å²) >= 11 is 0. The lowest BCUT2D eigenvalue weighted by Gasteiger charge is -2.12. The standard InChI is InChI=1S/C11H23NO3/c1-9(7-15-8-10(2)12)5-4-6-11(13)14-3/h9-10H,4-8,12H2,1-3H3. The van der Waals surface area contributed by atoms with E-state index in [1.165, 1.54) is 7.11 Å². The SMILES string of the molecule is COC(=O)CCCC(C)COCC(C)N. The Labute approximate surface area is 92.1 Å². The monoisotopic (exact) mass is 217 g/mol. The molecule has 4 nitrogen and oxygen atoms in total. The van der Waals surface area contributed by atoms with Gasteiger partial charge in [-0.1, -0.05) is 6.92 Å². The third-order valence-electron chi connectivity index (χ3n) is 2.09. The molecule has 0 aromatic heterocycles. The maximum absolute atomic E-state index is 10.8. The van der Waals surface area contributed by atoms with Crippen LogP contribution in [0, 0.1) is 5.92 Å². The molecular formula is C11H23NO3. The van der Waals surface area contributed by atoms with E-state index < -0.39 is 0 Å². The van der Waals surface area contributed by atoms with Gasteiger partial charge in [-0.05, 0) is 25.7 Å². The third kappa shape index (κ3) is 9.69. The van der Waals surface area contributed by atoms with Crippen molar-refractivity contribution < 1.29 is 14.3 Å². The van der Waals surface area contributed by atoms with Gasteiger partial charge in [0.05, 0.1) is 13.7 Å². The number of ether oxygens (including phenoxy) is 2. The summed E-state index contributed by atoms with van der Waals surface area (Å²) in [6.45, 7) is 5.34. The van der Waals surface area contributed by atoms with Gasteiger partial charge >= 0.3 is 5.97 Å². The molecule has 15 heavy (non-hydrogen) atoms. The van der Waals surface area contributed by atoms with Crippen molar-refractivity contribution in [1.29, 1.82) is 0 Å². The molecule has 2 unspecified atom stereocenters. The molecule has 0 aromatic carbocycles. The highest BCUT2D eigenvalue weighted by molar-refractivity contribution is 5.68. The van der Waals surface area contributed by atoms with Crippen LogP contribution < -0.4 is 5.73 Å². The number of rotatable bonds is 8. The van der Waals surface area contributed by atoms with Crippen LogP contribution in [0.1, 0.15) is 33.1 Å². The summed E-state index contributed by atoms with van der Waals surface area (Å²) in [4.78, 5) is 10.8. The molecule has 90 valence electrons. The second-order valence-electron chi connectivity index (χ2n) is 4.09. The van der Waals surface area contributed by atoms with Crippen molar-refractivity contribution in [3.05, 3.63) is 0 Å². The van der Waals surface area contributed by atoms with Gasteiger partial charge in [-0.2, -0.15) is 0 Å². The molecule has 2 N–H and O–H groups in total. The van der Waals surface area contributed by atoms with Gasteiger partial charge in [0.15, 0.2) is 0 Å². The highest BCUT2D eigenvalue weighted by atomic mass is 16.5. The summed E-state index contributed by atoms with van der Waals surface area (Å²) in [5, 5.41) is 0. The molecule has 0 saturated carbocycles. The van der Waals surface area contributed by atoms with Gasteiger partial charge in [0, 0.05) is 19.1 Å². The molecule has 0 saturated heterocycles. The van der Waals surface area contributed by atoms with Crippen molar-refractivity contribution in [3.63, 3.8) is 0 Å². The van der Waals surface area contributed by atoms with Crippen LogP contribution in [0.15, 0.2) is 0 Å². The van der Waals surface area contributed by atoms with Crippen LogP contribution in [0.5, 0.6) is 0 Å².